The van der Waals surface area contributed by atoms with Gasteiger partial charge in [0, 0.05) is 18.6 Å². The maximum atomic E-state index is 12.5. The molecule has 1 N–H and O–H groups in total. The smallest absolute Gasteiger partial charge is 0.313 e. The molecule has 0 aromatic rings. The van der Waals surface area contributed by atoms with Crippen molar-refractivity contribution in [3.05, 3.63) is 0 Å². The first-order valence-electron chi connectivity index (χ1n) is 6.21. The number of hydrogen-bond acceptors (Lipinski definition) is 2. The van der Waals surface area contributed by atoms with Crippen molar-refractivity contribution in [3.63, 3.8) is 0 Å². The molecular formula is C12H25F3N2. The normalized spacial score (nSPS) is 15.0. The quantitative estimate of drug-likeness (QED) is 0.751. The molecule has 0 spiro atoms. The first kappa shape index (κ1) is 16.7. The van der Waals surface area contributed by atoms with Crippen LogP contribution in [-0.4, -0.2) is 42.8 Å². The molecule has 17 heavy (non-hydrogen) atoms. The summed E-state index contributed by atoms with van der Waals surface area (Å²) in [5.41, 5.74) is 0. The summed E-state index contributed by atoms with van der Waals surface area (Å²) < 4.78 is 37.4. The number of nitrogens with one attached hydrogen (secondary N) is 1. The van der Waals surface area contributed by atoms with Crippen molar-refractivity contribution in [1.82, 2.24) is 10.2 Å². The number of likely N-dealkylation sites (N-methyl/N-ethyl adjacent to an activating group) is 1. The minimum absolute atomic E-state index is 0.0796. The van der Waals surface area contributed by atoms with Gasteiger partial charge in [0.25, 0.3) is 0 Å². The zero-order valence-electron chi connectivity index (χ0n) is 11.4. The molecule has 0 bridgehead atoms. The molecule has 0 aromatic carbocycles. The number of halogens is 3. The standard InChI is InChI=1S/C12H25F3N2/c1-6-17(8-12(13,14)15)11(9(2)3)7-16-10(4)5/h9-11,16H,6-8H2,1-5H3. The van der Waals surface area contributed by atoms with Gasteiger partial charge in [-0.15, -0.1) is 0 Å². The van der Waals surface area contributed by atoms with Crippen molar-refractivity contribution in [1.29, 1.82) is 0 Å². The van der Waals surface area contributed by atoms with Crippen LogP contribution < -0.4 is 5.32 Å². The minimum Gasteiger partial charge on any atom is -0.313 e. The first-order valence-corrected chi connectivity index (χ1v) is 6.21. The lowest BCUT2D eigenvalue weighted by atomic mass is 10.0. The maximum absolute atomic E-state index is 12.5. The Kier molecular flexibility index (Phi) is 7.09. The molecule has 0 aliphatic heterocycles. The van der Waals surface area contributed by atoms with Crippen molar-refractivity contribution in [3.8, 4) is 0 Å². The number of nitrogens with zero attached hydrogens (tertiary/aromatic N) is 1. The second-order valence-corrected chi connectivity index (χ2v) is 5.05. The highest BCUT2D eigenvalue weighted by molar-refractivity contribution is 4.79. The van der Waals surface area contributed by atoms with Crippen LogP contribution >= 0.6 is 0 Å². The third-order valence-corrected chi connectivity index (χ3v) is 2.76. The lowest BCUT2D eigenvalue weighted by molar-refractivity contribution is -0.152. The van der Waals surface area contributed by atoms with Crippen molar-refractivity contribution < 1.29 is 13.2 Å². The van der Waals surface area contributed by atoms with Gasteiger partial charge in [0.2, 0.25) is 0 Å². The van der Waals surface area contributed by atoms with Gasteiger partial charge in [0.05, 0.1) is 6.54 Å². The van der Waals surface area contributed by atoms with Gasteiger partial charge in [-0.2, -0.15) is 13.2 Å². The van der Waals surface area contributed by atoms with Gasteiger partial charge in [0.15, 0.2) is 0 Å². The van der Waals surface area contributed by atoms with Crippen molar-refractivity contribution in [2.75, 3.05) is 19.6 Å². The molecule has 0 aliphatic rings. The molecule has 0 amide bonds. The highest BCUT2D eigenvalue weighted by atomic mass is 19.4. The summed E-state index contributed by atoms with van der Waals surface area (Å²) in [5, 5.41) is 3.22. The fourth-order valence-corrected chi connectivity index (χ4v) is 1.84. The molecule has 1 unspecified atom stereocenters. The van der Waals surface area contributed by atoms with Crippen LogP contribution in [-0.2, 0) is 0 Å². The molecule has 0 fully saturated rings. The van der Waals surface area contributed by atoms with Gasteiger partial charge in [-0.1, -0.05) is 34.6 Å². The van der Waals surface area contributed by atoms with E-state index in [1.165, 1.54) is 4.90 Å². The van der Waals surface area contributed by atoms with Gasteiger partial charge >= 0.3 is 6.18 Å². The van der Waals surface area contributed by atoms with Crippen LogP contribution in [0.15, 0.2) is 0 Å². The van der Waals surface area contributed by atoms with E-state index in [0.29, 0.717) is 19.1 Å². The Balaban J connectivity index is 4.52. The fourth-order valence-electron chi connectivity index (χ4n) is 1.84. The highest BCUT2D eigenvalue weighted by Gasteiger charge is 2.33. The summed E-state index contributed by atoms with van der Waals surface area (Å²) in [7, 11) is 0. The zero-order valence-corrected chi connectivity index (χ0v) is 11.4. The Hall–Kier alpha value is -0.290. The molecule has 0 saturated heterocycles. The van der Waals surface area contributed by atoms with E-state index in [-0.39, 0.29) is 12.0 Å². The van der Waals surface area contributed by atoms with E-state index in [1.54, 1.807) is 6.92 Å². The van der Waals surface area contributed by atoms with Gasteiger partial charge in [-0.25, -0.2) is 0 Å². The molecule has 0 saturated carbocycles. The third kappa shape index (κ3) is 7.60. The van der Waals surface area contributed by atoms with E-state index in [9.17, 15) is 13.2 Å². The van der Waals surface area contributed by atoms with E-state index in [2.05, 4.69) is 5.32 Å². The van der Waals surface area contributed by atoms with Crippen LogP contribution in [0.25, 0.3) is 0 Å². The number of hydrogen-bond donors (Lipinski definition) is 1. The summed E-state index contributed by atoms with van der Waals surface area (Å²) >= 11 is 0. The molecule has 5 heteroatoms. The number of rotatable bonds is 7. The Morgan fingerprint density at radius 1 is 1.12 bits per heavy atom. The lowest BCUT2D eigenvalue weighted by Crippen LogP contribution is -2.50. The van der Waals surface area contributed by atoms with Crippen molar-refractivity contribution in [2.45, 2.75) is 52.9 Å². The summed E-state index contributed by atoms with van der Waals surface area (Å²) in [6.07, 6.45) is -4.12. The molecule has 0 aromatic heterocycles. The molecule has 0 heterocycles. The van der Waals surface area contributed by atoms with Gasteiger partial charge in [-0.3, -0.25) is 4.90 Å². The number of alkyl halides is 3. The van der Waals surface area contributed by atoms with Crippen LogP contribution in [0.5, 0.6) is 0 Å². The van der Waals surface area contributed by atoms with Crippen molar-refractivity contribution >= 4 is 0 Å². The second-order valence-electron chi connectivity index (χ2n) is 5.05. The molecule has 1 atom stereocenters. The second kappa shape index (κ2) is 7.21. The molecular weight excluding hydrogens is 229 g/mol. The Morgan fingerprint density at radius 2 is 1.65 bits per heavy atom. The molecule has 104 valence electrons. The maximum Gasteiger partial charge on any atom is 0.401 e. The topological polar surface area (TPSA) is 15.3 Å². The monoisotopic (exact) mass is 254 g/mol. The average Bonchev–Trinajstić information content (AvgIpc) is 2.13. The summed E-state index contributed by atoms with van der Waals surface area (Å²) in [5.74, 6) is 0.198. The zero-order chi connectivity index (χ0) is 13.6. The summed E-state index contributed by atoms with van der Waals surface area (Å²) in [4.78, 5) is 1.50. The van der Waals surface area contributed by atoms with Gasteiger partial charge in [0.1, 0.15) is 0 Å². The summed E-state index contributed by atoms with van der Waals surface area (Å²) in [6.45, 7) is 9.89. The predicted octanol–water partition coefficient (Wildman–Crippen LogP) is 2.89. The largest absolute Gasteiger partial charge is 0.401 e. The Bertz CT molecular complexity index is 202. The summed E-state index contributed by atoms with van der Waals surface area (Å²) in [6, 6.07) is 0.213. The van der Waals surface area contributed by atoms with E-state index < -0.39 is 12.7 Å². The van der Waals surface area contributed by atoms with Crippen LogP contribution in [0.1, 0.15) is 34.6 Å². The van der Waals surface area contributed by atoms with E-state index in [1.807, 2.05) is 27.7 Å². The first-order chi connectivity index (χ1) is 7.67. The average molecular weight is 254 g/mol. The molecule has 0 rings (SSSR count). The SMILES string of the molecule is CCN(CC(F)(F)F)C(CNC(C)C)C(C)C. The van der Waals surface area contributed by atoms with Crippen LogP contribution in [0.2, 0.25) is 0 Å². The van der Waals surface area contributed by atoms with Crippen LogP contribution in [0.3, 0.4) is 0 Å². The van der Waals surface area contributed by atoms with E-state index in [4.69, 9.17) is 0 Å². The van der Waals surface area contributed by atoms with Crippen LogP contribution in [0.4, 0.5) is 13.2 Å². The third-order valence-electron chi connectivity index (χ3n) is 2.76. The Morgan fingerprint density at radius 3 is 1.94 bits per heavy atom. The van der Waals surface area contributed by atoms with Crippen LogP contribution in [0, 0.1) is 5.92 Å². The van der Waals surface area contributed by atoms with Gasteiger partial charge in [-0.05, 0) is 12.5 Å². The Labute approximate surface area is 103 Å². The lowest BCUT2D eigenvalue weighted by Gasteiger charge is -2.34. The van der Waals surface area contributed by atoms with E-state index in [0.717, 1.165) is 0 Å². The molecule has 0 aliphatic carbocycles. The van der Waals surface area contributed by atoms with Crippen molar-refractivity contribution in [2.24, 2.45) is 5.92 Å². The fraction of sp³-hybridized carbons (Fsp3) is 1.00. The van der Waals surface area contributed by atoms with E-state index >= 15 is 0 Å². The molecule has 2 nitrogen and oxygen atoms in total. The molecule has 0 radical (unpaired) electrons. The minimum atomic E-state index is -4.12. The predicted molar refractivity (Wildman–Crippen MR) is 65.1 cm³/mol. The van der Waals surface area contributed by atoms with Gasteiger partial charge < -0.3 is 5.32 Å². The highest BCUT2D eigenvalue weighted by Crippen LogP contribution is 2.20.